The van der Waals surface area contributed by atoms with E-state index in [1.165, 1.54) is 0 Å². The average molecular weight is 330 g/mol. The molecule has 24 heavy (non-hydrogen) atoms. The minimum atomic E-state index is -0.949. The maximum atomic E-state index is 10.6. The molecule has 2 aromatic carbocycles. The largest absolute Gasteiger partial charge is 0.459 e. The van der Waals surface area contributed by atoms with E-state index in [4.69, 9.17) is 14.2 Å². The zero-order chi connectivity index (χ0) is 17.0. The van der Waals surface area contributed by atoms with Gasteiger partial charge in [0, 0.05) is 0 Å². The first-order valence-corrected chi connectivity index (χ1v) is 7.80. The Kier molecular flexibility index (Phi) is 7.97. The van der Waals surface area contributed by atoms with Crippen molar-refractivity contribution in [2.45, 2.75) is 25.4 Å². The summed E-state index contributed by atoms with van der Waals surface area (Å²) in [7, 11) is 0. The van der Waals surface area contributed by atoms with Crippen LogP contribution in [0.15, 0.2) is 60.7 Å². The fourth-order valence-corrected chi connectivity index (χ4v) is 2.16. The summed E-state index contributed by atoms with van der Waals surface area (Å²) in [5.74, 6) is 0. The van der Waals surface area contributed by atoms with Crippen LogP contribution in [-0.4, -0.2) is 37.0 Å². The molecule has 0 aliphatic carbocycles. The van der Waals surface area contributed by atoms with Gasteiger partial charge in [0.05, 0.1) is 26.4 Å². The molecule has 0 radical (unpaired) electrons. The topological polar surface area (TPSA) is 65.0 Å². The van der Waals surface area contributed by atoms with Gasteiger partial charge in [-0.2, -0.15) is 0 Å². The van der Waals surface area contributed by atoms with Crippen molar-refractivity contribution >= 4 is 6.47 Å². The van der Waals surface area contributed by atoms with E-state index in [-0.39, 0.29) is 13.2 Å². The average Bonchev–Trinajstić information content (AvgIpc) is 2.63. The van der Waals surface area contributed by atoms with Gasteiger partial charge in [-0.15, -0.1) is 0 Å². The molecule has 0 bridgehead atoms. The highest BCUT2D eigenvalue weighted by Gasteiger charge is 2.21. The Morgan fingerprint density at radius 1 is 0.833 bits per heavy atom. The Bertz CT molecular complexity index is 573. The van der Waals surface area contributed by atoms with E-state index in [0.717, 1.165) is 11.1 Å². The summed E-state index contributed by atoms with van der Waals surface area (Å²) in [6.45, 7) is 1.25. The second-order valence-electron chi connectivity index (χ2n) is 5.34. The fraction of sp³-hybridized carbons (Fsp3) is 0.316. The summed E-state index contributed by atoms with van der Waals surface area (Å²) in [4.78, 5) is 10.6. The molecule has 0 saturated carbocycles. The molecule has 0 spiro atoms. The molecule has 2 atom stereocenters. The molecule has 128 valence electrons. The van der Waals surface area contributed by atoms with E-state index >= 15 is 0 Å². The Hall–Kier alpha value is -2.21. The van der Waals surface area contributed by atoms with Gasteiger partial charge < -0.3 is 19.3 Å². The van der Waals surface area contributed by atoms with Crippen LogP contribution in [0.4, 0.5) is 0 Å². The summed E-state index contributed by atoms with van der Waals surface area (Å²) in [6, 6.07) is 19.3. The van der Waals surface area contributed by atoms with Crippen molar-refractivity contribution in [3.05, 3.63) is 71.8 Å². The van der Waals surface area contributed by atoms with Crippen molar-refractivity contribution in [1.29, 1.82) is 0 Å². The quantitative estimate of drug-likeness (QED) is 0.641. The maximum Gasteiger partial charge on any atom is 0.293 e. The molecule has 2 aromatic rings. The van der Waals surface area contributed by atoms with Gasteiger partial charge in [-0.3, -0.25) is 4.79 Å². The SMILES string of the molecule is O=CO[C@H](COCc1ccccc1)[C@H](O)COCc1ccccc1. The standard InChI is InChI=1S/C19H22O5/c20-15-24-19(14-23-12-17-9-5-2-6-10-17)18(21)13-22-11-16-7-3-1-4-8-16/h1-10,15,18-19,21H,11-14H2/t18-,19-/m1/s1. The van der Waals surface area contributed by atoms with Crippen LogP contribution in [0.1, 0.15) is 11.1 Å². The highest BCUT2D eigenvalue weighted by molar-refractivity contribution is 5.37. The lowest BCUT2D eigenvalue weighted by atomic mass is 10.2. The zero-order valence-corrected chi connectivity index (χ0v) is 13.4. The summed E-state index contributed by atoms with van der Waals surface area (Å²) < 4.78 is 15.9. The predicted molar refractivity (Wildman–Crippen MR) is 89.1 cm³/mol. The van der Waals surface area contributed by atoms with Gasteiger partial charge >= 0.3 is 0 Å². The van der Waals surface area contributed by atoms with Crippen LogP contribution in [0.5, 0.6) is 0 Å². The van der Waals surface area contributed by atoms with E-state index in [1.807, 2.05) is 60.7 Å². The Labute approximate surface area is 141 Å². The summed E-state index contributed by atoms with van der Waals surface area (Å²) >= 11 is 0. The van der Waals surface area contributed by atoms with Gasteiger partial charge in [-0.25, -0.2) is 0 Å². The Balaban J connectivity index is 1.72. The second kappa shape index (κ2) is 10.5. The lowest BCUT2D eigenvalue weighted by molar-refractivity contribution is -0.148. The van der Waals surface area contributed by atoms with Gasteiger partial charge in [-0.1, -0.05) is 60.7 Å². The minimum absolute atomic E-state index is 0.0576. The molecule has 2 rings (SSSR count). The lowest BCUT2D eigenvalue weighted by Crippen LogP contribution is -2.36. The molecule has 0 aliphatic heterocycles. The monoisotopic (exact) mass is 330 g/mol. The third kappa shape index (κ3) is 6.50. The molecular weight excluding hydrogens is 308 g/mol. The van der Waals surface area contributed by atoms with E-state index < -0.39 is 12.2 Å². The van der Waals surface area contributed by atoms with Gasteiger partial charge in [0.1, 0.15) is 6.10 Å². The zero-order valence-electron chi connectivity index (χ0n) is 13.4. The molecule has 1 N–H and O–H groups in total. The molecule has 0 saturated heterocycles. The highest BCUT2D eigenvalue weighted by atomic mass is 16.6. The van der Waals surface area contributed by atoms with Crippen molar-refractivity contribution < 1.29 is 24.1 Å². The Morgan fingerprint density at radius 2 is 1.33 bits per heavy atom. The van der Waals surface area contributed by atoms with Gasteiger partial charge in [0.2, 0.25) is 0 Å². The van der Waals surface area contributed by atoms with Crippen LogP contribution in [0.2, 0.25) is 0 Å². The van der Waals surface area contributed by atoms with Crippen molar-refractivity contribution in [1.82, 2.24) is 0 Å². The normalized spacial score (nSPS) is 13.2. The number of carbonyl (C=O) groups is 1. The first kappa shape index (κ1) is 18.1. The molecule has 0 unspecified atom stereocenters. The first-order valence-electron chi connectivity index (χ1n) is 7.80. The van der Waals surface area contributed by atoms with Crippen LogP contribution >= 0.6 is 0 Å². The summed E-state index contributed by atoms with van der Waals surface area (Å²) in [5, 5.41) is 10.1. The predicted octanol–water partition coefficient (Wildman–Crippen LogP) is 2.32. The van der Waals surface area contributed by atoms with Crippen molar-refractivity contribution in [3.8, 4) is 0 Å². The van der Waals surface area contributed by atoms with Crippen LogP contribution < -0.4 is 0 Å². The van der Waals surface area contributed by atoms with Crippen LogP contribution in [0.3, 0.4) is 0 Å². The molecule has 0 fully saturated rings. The number of carbonyl (C=O) groups excluding carboxylic acids is 1. The van der Waals surface area contributed by atoms with Gasteiger partial charge in [-0.05, 0) is 11.1 Å². The number of aliphatic hydroxyl groups excluding tert-OH is 1. The van der Waals surface area contributed by atoms with Crippen molar-refractivity contribution in [2.24, 2.45) is 0 Å². The third-order valence-corrected chi connectivity index (χ3v) is 3.45. The van der Waals surface area contributed by atoms with E-state index in [9.17, 15) is 9.90 Å². The van der Waals surface area contributed by atoms with Crippen LogP contribution in [0, 0.1) is 0 Å². The minimum Gasteiger partial charge on any atom is -0.459 e. The summed E-state index contributed by atoms with van der Waals surface area (Å²) in [6.07, 6.45) is -1.71. The fourth-order valence-electron chi connectivity index (χ4n) is 2.16. The van der Waals surface area contributed by atoms with Crippen LogP contribution in [0.25, 0.3) is 0 Å². The van der Waals surface area contributed by atoms with Crippen molar-refractivity contribution in [2.75, 3.05) is 13.2 Å². The molecule has 0 amide bonds. The Morgan fingerprint density at radius 3 is 1.83 bits per heavy atom. The molecule has 5 nitrogen and oxygen atoms in total. The molecule has 0 aromatic heterocycles. The molecule has 0 heterocycles. The number of benzene rings is 2. The van der Waals surface area contributed by atoms with E-state index in [2.05, 4.69) is 0 Å². The van der Waals surface area contributed by atoms with E-state index in [1.54, 1.807) is 0 Å². The number of rotatable bonds is 11. The third-order valence-electron chi connectivity index (χ3n) is 3.45. The number of hydrogen-bond donors (Lipinski definition) is 1. The number of hydrogen-bond acceptors (Lipinski definition) is 5. The number of ether oxygens (including phenoxy) is 3. The van der Waals surface area contributed by atoms with Gasteiger partial charge in [0.25, 0.3) is 6.47 Å². The second-order valence-corrected chi connectivity index (χ2v) is 5.34. The highest BCUT2D eigenvalue weighted by Crippen LogP contribution is 2.07. The van der Waals surface area contributed by atoms with Crippen LogP contribution in [-0.2, 0) is 32.2 Å². The molecule has 5 heteroatoms. The van der Waals surface area contributed by atoms with E-state index in [0.29, 0.717) is 19.7 Å². The number of aliphatic hydroxyl groups is 1. The lowest BCUT2D eigenvalue weighted by Gasteiger charge is -2.21. The summed E-state index contributed by atoms with van der Waals surface area (Å²) in [5.41, 5.74) is 2.02. The molecule has 0 aliphatic rings. The molecular formula is C19H22O5. The van der Waals surface area contributed by atoms with Gasteiger partial charge in [0.15, 0.2) is 6.10 Å². The maximum absolute atomic E-state index is 10.6. The smallest absolute Gasteiger partial charge is 0.293 e. The van der Waals surface area contributed by atoms with Crippen molar-refractivity contribution in [3.63, 3.8) is 0 Å². The first-order chi connectivity index (χ1) is 11.8.